The minimum Gasteiger partial charge on any atom is -0.456 e. The smallest absolute Gasteiger partial charge is 0.410 e. The number of nitrogens with one attached hydrogen (secondary N) is 1. The third-order valence-corrected chi connectivity index (χ3v) is 8.26. The van der Waals surface area contributed by atoms with Gasteiger partial charge < -0.3 is 19.3 Å². The molecule has 0 radical (unpaired) electrons. The van der Waals surface area contributed by atoms with Gasteiger partial charge >= 0.3 is 6.09 Å². The fourth-order valence-corrected chi connectivity index (χ4v) is 5.65. The van der Waals surface area contributed by atoms with Crippen LogP contribution in [0, 0.1) is 0 Å². The first kappa shape index (κ1) is 30.5. The molecular formula is C29H31Cl2N3O6S. The van der Waals surface area contributed by atoms with Crippen molar-refractivity contribution in [3.8, 4) is 11.5 Å². The summed E-state index contributed by atoms with van der Waals surface area (Å²) in [5, 5.41) is 0.700. The van der Waals surface area contributed by atoms with Crippen molar-refractivity contribution in [2.45, 2.75) is 43.7 Å². The predicted octanol–water partition coefficient (Wildman–Crippen LogP) is 6.67. The lowest BCUT2D eigenvalue weighted by molar-refractivity contribution is 0.0226. The van der Waals surface area contributed by atoms with Crippen molar-refractivity contribution in [3.05, 3.63) is 82.3 Å². The molecule has 4 rings (SSSR count). The van der Waals surface area contributed by atoms with Crippen molar-refractivity contribution in [2.24, 2.45) is 0 Å². The van der Waals surface area contributed by atoms with Gasteiger partial charge in [0, 0.05) is 25.2 Å². The quantitative estimate of drug-likeness (QED) is 0.317. The van der Waals surface area contributed by atoms with Crippen LogP contribution in [0.1, 0.15) is 37.6 Å². The second-order valence-corrected chi connectivity index (χ2v) is 13.1. The molecule has 0 spiro atoms. The molecule has 12 heteroatoms. The molecule has 3 aromatic carbocycles. The molecule has 1 atom stereocenters. The second-order valence-electron chi connectivity index (χ2n) is 10.6. The van der Waals surface area contributed by atoms with E-state index >= 15 is 0 Å². The highest BCUT2D eigenvalue weighted by Gasteiger charge is 2.34. The van der Waals surface area contributed by atoms with Crippen LogP contribution in [0.2, 0.25) is 10.0 Å². The number of hydrogen-bond acceptors (Lipinski definition) is 6. The summed E-state index contributed by atoms with van der Waals surface area (Å²) in [5.74, 6) is 0.432. The zero-order chi connectivity index (χ0) is 29.9. The second kappa shape index (κ2) is 12.2. The van der Waals surface area contributed by atoms with E-state index in [2.05, 4.69) is 4.72 Å². The van der Waals surface area contributed by atoms with Crippen LogP contribution in [-0.2, 0) is 14.8 Å². The van der Waals surface area contributed by atoms with Gasteiger partial charge in [0.05, 0.1) is 27.2 Å². The maximum absolute atomic E-state index is 13.5. The van der Waals surface area contributed by atoms with Gasteiger partial charge in [-0.2, -0.15) is 0 Å². The highest BCUT2D eigenvalue weighted by molar-refractivity contribution is 7.92. The molecule has 0 aromatic heterocycles. The molecule has 0 aliphatic carbocycles. The summed E-state index contributed by atoms with van der Waals surface area (Å²) >= 11 is 12.3. The van der Waals surface area contributed by atoms with Gasteiger partial charge in [-0.15, -0.1) is 0 Å². The molecule has 1 aliphatic rings. The van der Waals surface area contributed by atoms with Gasteiger partial charge in [0.1, 0.15) is 17.1 Å². The monoisotopic (exact) mass is 619 g/mol. The van der Waals surface area contributed by atoms with Crippen molar-refractivity contribution >= 4 is 50.9 Å². The summed E-state index contributed by atoms with van der Waals surface area (Å²) in [6, 6.07) is 16.9. The molecule has 218 valence electrons. The fraction of sp³-hybridized carbons (Fsp3) is 0.310. The Bertz CT molecular complexity index is 1540. The summed E-state index contributed by atoms with van der Waals surface area (Å²) in [4.78, 5) is 29.0. The molecule has 1 saturated heterocycles. The van der Waals surface area contributed by atoms with Gasteiger partial charge in [-0.05, 0) is 81.8 Å². The van der Waals surface area contributed by atoms with Gasteiger partial charge in [-0.1, -0.05) is 35.3 Å². The molecule has 9 nitrogen and oxygen atoms in total. The number of anilines is 1. The van der Waals surface area contributed by atoms with Crippen LogP contribution in [0.3, 0.4) is 0 Å². The number of carbonyl (C=O) groups is 2. The lowest BCUT2D eigenvalue weighted by Gasteiger charge is -2.28. The van der Waals surface area contributed by atoms with Gasteiger partial charge in [0.15, 0.2) is 0 Å². The van der Waals surface area contributed by atoms with Crippen LogP contribution in [0.25, 0.3) is 0 Å². The Balaban J connectivity index is 1.48. The number of amides is 2. The maximum atomic E-state index is 13.5. The number of likely N-dealkylation sites (N-methyl/N-ethyl adjacent to an activating group) is 1. The van der Waals surface area contributed by atoms with E-state index in [9.17, 15) is 18.0 Å². The van der Waals surface area contributed by atoms with E-state index in [0.29, 0.717) is 29.5 Å². The van der Waals surface area contributed by atoms with Crippen LogP contribution >= 0.6 is 23.2 Å². The zero-order valence-corrected chi connectivity index (χ0v) is 25.4. The molecule has 1 aliphatic heterocycles. The van der Waals surface area contributed by atoms with Gasteiger partial charge in [-0.25, -0.2) is 13.2 Å². The first-order valence-corrected chi connectivity index (χ1v) is 15.1. The Kier molecular flexibility index (Phi) is 9.06. The summed E-state index contributed by atoms with van der Waals surface area (Å²) in [6.07, 6.45) is 0.0717. The molecule has 3 aromatic rings. The van der Waals surface area contributed by atoms with Crippen molar-refractivity contribution in [2.75, 3.05) is 24.9 Å². The fourth-order valence-electron chi connectivity index (χ4n) is 4.22. The number of halogens is 2. The Morgan fingerprint density at radius 2 is 1.71 bits per heavy atom. The number of rotatable bonds is 7. The molecule has 2 amide bonds. The topological polar surface area (TPSA) is 105 Å². The molecule has 1 N–H and O–H groups in total. The molecule has 0 unspecified atom stereocenters. The zero-order valence-electron chi connectivity index (χ0n) is 23.1. The van der Waals surface area contributed by atoms with Crippen LogP contribution in [0.4, 0.5) is 10.5 Å². The lowest BCUT2D eigenvalue weighted by Crippen LogP contribution is -2.42. The van der Waals surface area contributed by atoms with Crippen LogP contribution in [-0.4, -0.2) is 62.0 Å². The molecular weight excluding hydrogens is 589 g/mol. The minimum atomic E-state index is -4.07. The molecule has 0 bridgehead atoms. The van der Waals surface area contributed by atoms with Gasteiger partial charge in [0.2, 0.25) is 0 Å². The van der Waals surface area contributed by atoms with E-state index < -0.39 is 27.6 Å². The molecule has 1 heterocycles. The summed E-state index contributed by atoms with van der Waals surface area (Å²) in [7, 11) is -2.44. The van der Waals surface area contributed by atoms with Crippen LogP contribution in [0.15, 0.2) is 71.6 Å². The molecule has 0 saturated carbocycles. The summed E-state index contributed by atoms with van der Waals surface area (Å²) < 4.78 is 40.2. The number of para-hydroxylation sites is 1. The van der Waals surface area contributed by atoms with Crippen molar-refractivity contribution in [3.63, 3.8) is 0 Å². The third kappa shape index (κ3) is 7.63. The van der Waals surface area contributed by atoms with E-state index in [4.69, 9.17) is 32.7 Å². The summed E-state index contributed by atoms with van der Waals surface area (Å²) in [6.45, 7) is 6.00. The maximum Gasteiger partial charge on any atom is 0.410 e. The van der Waals surface area contributed by atoms with Gasteiger partial charge in [0.25, 0.3) is 15.9 Å². The number of nitrogens with zero attached hydrogens (tertiary/aromatic N) is 2. The van der Waals surface area contributed by atoms with E-state index in [1.54, 1.807) is 57.0 Å². The first-order valence-electron chi connectivity index (χ1n) is 12.8. The van der Waals surface area contributed by atoms with Crippen LogP contribution < -0.4 is 9.46 Å². The molecule has 41 heavy (non-hydrogen) atoms. The number of hydrogen-bond donors (Lipinski definition) is 1. The Labute approximate surface area is 250 Å². The SMILES string of the molecule is CN(C(=O)OC(C)(C)C)[C@H]1CCN(C(=O)c2cc(Cl)ccc2NS(=O)(=O)c2ccc(Oc3ccccc3Cl)cc2)C1. The van der Waals surface area contributed by atoms with Gasteiger partial charge in [-0.3, -0.25) is 9.52 Å². The first-order chi connectivity index (χ1) is 19.2. The third-order valence-electron chi connectivity index (χ3n) is 6.33. The lowest BCUT2D eigenvalue weighted by atomic mass is 10.1. The Morgan fingerprint density at radius 3 is 2.37 bits per heavy atom. The van der Waals surface area contributed by atoms with E-state index in [0.717, 1.165) is 0 Å². The Hall–Kier alpha value is -3.47. The number of ether oxygens (including phenoxy) is 2. The number of carbonyl (C=O) groups excluding carboxylic acids is 2. The average Bonchev–Trinajstić information content (AvgIpc) is 3.40. The van der Waals surface area contributed by atoms with E-state index in [-0.39, 0.29) is 33.8 Å². The number of likely N-dealkylation sites (tertiary alicyclic amines) is 1. The van der Waals surface area contributed by atoms with Crippen LogP contribution in [0.5, 0.6) is 11.5 Å². The largest absolute Gasteiger partial charge is 0.456 e. The normalized spacial score (nSPS) is 15.4. The Morgan fingerprint density at radius 1 is 1.02 bits per heavy atom. The molecule has 1 fully saturated rings. The van der Waals surface area contributed by atoms with Crippen molar-refractivity contribution < 1.29 is 27.5 Å². The number of benzene rings is 3. The van der Waals surface area contributed by atoms with E-state index in [1.165, 1.54) is 47.4 Å². The van der Waals surface area contributed by atoms with Crippen molar-refractivity contribution in [1.82, 2.24) is 9.80 Å². The summed E-state index contributed by atoms with van der Waals surface area (Å²) in [5.41, 5.74) is -0.463. The van der Waals surface area contributed by atoms with Crippen molar-refractivity contribution in [1.29, 1.82) is 0 Å². The standard InChI is InChI=1S/C29H31Cl2N3O6S/c1-29(2,3)40-28(36)33(4)20-15-16-34(18-20)27(35)23-17-19(30)9-14-25(23)32-41(37,38)22-12-10-21(11-13-22)39-26-8-6-5-7-24(26)31/h5-14,17,20,32H,15-16,18H2,1-4H3/t20-/m0/s1. The number of sulfonamides is 1. The van der Waals surface area contributed by atoms with E-state index in [1.807, 2.05) is 0 Å². The highest BCUT2D eigenvalue weighted by Crippen LogP contribution is 2.31. The predicted molar refractivity (Wildman–Crippen MR) is 159 cm³/mol. The average molecular weight is 621 g/mol. The minimum absolute atomic E-state index is 0.0300. The highest BCUT2D eigenvalue weighted by atomic mass is 35.5.